The SMILES string of the molecule is CCOOc1ccccc1CC(=O)OCC. The number of para-hydroxylation sites is 1. The lowest BCUT2D eigenvalue weighted by Gasteiger charge is -2.08. The predicted molar refractivity (Wildman–Crippen MR) is 59.0 cm³/mol. The van der Waals surface area contributed by atoms with Crippen molar-refractivity contribution in [2.75, 3.05) is 13.2 Å². The van der Waals surface area contributed by atoms with Crippen molar-refractivity contribution in [3.05, 3.63) is 29.8 Å². The van der Waals surface area contributed by atoms with Crippen LogP contribution in [0.25, 0.3) is 0 Å². The van der Waals surface area contributed by atoms with Gasteiger partial charge in [0.25, 0.3) is 0 Å². The van der Waals surface area contributed by atoms with Crippen LogP contribution in [0.4, 0.5) is 0 Å². The fourth-order valence-electron chi connectivity index (χ4n) is 1.22. The summed E-state index contributed by atoms with van der Waals surface area (Å²) in [6, 6.07) is 7.23. The molecule has 0 saturated carbocycles. The van der Waals surface area contributed by atoms with Crippen LogP contribution in [0.3, 0.4) is 0 Å². The summed E-state index contributed by atoms with van der Waals surface area (Å²) in [6.45, 7) is 4.44. The Labute approximate surface area is 95.1 Å². The van der Waals surface area contributed by atoms with Gasteiger partial charge in [0.15, 0.2) is 5.75 Å². The zero-order chi connectivity index (χ0) is 11.8. The summed E-state index contributed by atoms with van der Waals surface area (Å²) in [5.74, 6) is 0.285. The molecule has 0 saturated heterocycles. The maximum Gasteiger partial charge on any atom is 0.310 e. The second-order valence-electron chi connectivity index (χ2n) is 3.08. The number of rotatable bonds is 6. The normalized spacial score (nSPS) is 9.88. The monoisotopic (exact) mass is 224 g/mol. The molecule has 0 heterocycles. The average Bonchev–Trinajstić information content (AvgIpc) is 2.28. The van der Waals surface area contributed by atoms with Crippen molar-refractivity contribution in [3.63, 3.8) is 0 Å². The third kappa shape index (κ3) is 3.90. The Morgan fingerprint density at radius 3 is 2.62 bits per heavy atom. The Balaban J connectivity index is 2.66. The molecule has 1 aromatic carbocycles. The summed E-state index contributed by atoms with van der Waals surface area (Å²) < 4.78 is 4.87. The van der Waals surface area contributed by atoms with Gasteiger partial charge >= 0.3 is 5.97 Å². The molecule has 0 aliphatic carbocycles. The molecular weight excluding hydrogens is 208 g/mol. The first-order valence-corrected chi connectivity index (χ1v) is 5.31. The van der Waals surface area contributed by atoms with Crippen LogP contribution in [0.5, 0.6) is 5.75 Å². The molecule has 0 unspecified atom stereocenters. The molecule has 0 N–H and O–H groups in total. The Kier molecular flexibility index (Phi) is 5.36. The summed E-state index contributed by atoms with van der Waals surface area (Å²) in [4.78, 5) is 21.2. The Hall–Kier alpha value is -1.55. The molecule has 4 heteroatoms. The molecule has 0 bridgehead atoms. The highest BCUT2D eigenvalue weighted by molar-refractivity contribution is 5.73. The van der Waals surface area contributed by atoms with Crippen LogP contribution >= 0.6 is 0 Å². The maximum atomic E-state index is 11.3. The van der Waals surface area contributed by atoms with E-state index >= 15 is 0 Å². The first kappa shape index (κ1) is 12.5. The van der Waals surface area contributed by atoms with Crippen molar-refractivity contribution in [1.82, 2.24) is 0 Å². The molecule has 88 valence electrons. The zero-order valence-corrected chi connectivity index (χ0v) is 9.56. The third-order valence-corrected chi connectivity index (χ3v) is 1.88. The quantitative estimate of drug-likeness (QED) is 0.422. The summed E-state index contributed by atoms with van der Waals surface area (Å²) in [6.07, 6.45) is 0.192. The third-order valence-electron chi connectivity index (χ3n) is 1.88. The van der Waals surface area contributed by atoms with E-state index < -0.39 is 0 Å². The second-order valence-corrected chi connectivity index (χ2v) is 3.08. The minimum atomic E-state index is -0.268. The molecule has 16 heavy (non-hydrogen) atoms. The molecular formula is C12H16O4. The molecule has 0 fully saturated rings. The molecule has 0 aliphatic rings. The van der Waals surface area contributed by atoms with E-state index in [1.165, 1.54) is 0 Å². The first-order valence-electron chi connectivity index (χ1n) is 5.31. The van der Waals surface area contributed by atoms with E-state index in [2.05, 4.69) is 0 Å². The second kappa shape index (κ2) is 6.85. The summed E-state index contributed by atoms with van der Waals surface area (Å²) in [5.41, 5.74) is 0.759. The van der Waals surface area contributed by atoms with Crippen LogP contribution in [-0.4, -0.2) is 19.2 Å². The minimum Gasteiger partial charge on any atom is -0.466 e. The van der Waals surface area contributed by atoms with E-state index in [1.807, 2.05) is 25.1 Å². The molecule has 4 nitrogen and oxygen atoms in total. The van der Waals surface area contributed by atoms with Crippen LogP contribution in [0.15, 0.2) is 24.3 Å². The number of hydrogen-bond acceptors (Lipinski definition) is 4. The van der Waals surface area contributed by atoms with E-state index in [0.717, 1.165) is 5.56 Å². The van der Waals surface area contributed by atoms with Gasteiger partial charge in [-0.3, -0.25) is 4.79 Å². The fraction of sp³-hybridized carbons (Fsp3) is 0.417. The summed E-state index contributed by atoms with van der Waals surface area (Å²) >= 11 is 0. The topological polar surface area (TPSA) is 44.8 Å². The van der Waals surface area contributed by atoms with Crippen molar-refractivity contribution >= 4 is 5.97 Å². The van der Waals surface area contributed by atoms with Crippen LogP contribution < -0.4 is 4.89 Å². The summed E-state index contributed by atoms with van der Waals surface area (Å²) in [7, 11) is 0. The molecule has 0 amide bonds. The summed E-state index contributed by atoms with van der Waals surface area (Å²) in [5, 5.41) is 0. The largest absolute Gasteiger partial charge is 0.466 e. The maximum absolute atomic E-state index is 11.3. The Morgan fingerprint density at radius 1 is 1.19 bits per heavy atom. The van der Waals surface area contributed by atoms with Crippen LogP contribution in [0, 0.1) is 0 Å². The van der Waals surface area contributed by atoms with Gasteiger partial charge in [0.05, 0.1) is 19.6 Å². The molecule has 0 aromatic heterocycles. The first-order chi connectivity index (χ1) is 7.77. The highest BCUT2D eigenvalue weighted by Gasteiger charge is 2.09. The van der Waals surface area contributed by atoms with E-state index in [1.54, 1.807) is 13.0 Å². The molecule has 1 aromatic rings. The van der Waals surface area contributed by atoms with E-state index in [-0.39, 0.29) is 12.4 Å². The Bertz CT molecular complexity index is 336. The van der Waals surface area contributed by atoms with Gasteiger partial charge < -0.3 is 9.62 Å². The van der Waals surface area contributed by atoms with Gasteiger partial charge in [0, 0.05) is 5.56 Å². The van der Waals surface area contributed by atoms with Gasteiger partial charge in [-0.05, 0) is 19.9 Å². The zero-order valence-electron chi connectivity index (χ0n) is 9.56. The van der Waals surface area contributed by atoms with E-state index in [0.29, 0.717) is 19.0 Å². The number of esters is 1. The number of benzene rings is 1. The van der Waals surface area contributed by atoms with Crippen LogP contribution in [-0.2, 0) is 20.8 Å². The molecule has 1 rings (SSSR count). The van der Waals surface area contributed by atoms with Crippen molar-refractivity contribution in [3.8, 4) is 5.75 Å². The number of carbonyl (C=O) groups is 1. The lowest BCUT2D eigenvalue weighted by Crippen LogP contribution is -2.09. The lowest BCUT2D eigenvalue weighted by molar-refractivity contribution is -0.202. The van der Waals surface area contributed by atoms with Crippen molar-refractivity contribution in [2.45, 2.75) is 20.3 Å². The van der Waals surface area contributed by atoms with Gasteiger partial charge in [-0.15, -0.1) is 0 Å². The highest BCUT2D eigenvalue weighted by atomic mass is 17.2. The average molecular weight is 224 g/mol. The minimum absolute atomic E-state index is 0.192. The number of carbonyl (C=O) groups excluding carboxylic acids is 1. The smallest absolute Gasteiger partial charge is 0.310 e. The molecule has 0 atom stereocenters. The van der Waals surface area contributed by atoms with E-state index in [4.69, 9.17) is 14.5 Å². The number of ether oxygens (including phenoxy) is 1. The molecule has 0 radical (unpaired) electrons. The standard InChI is InChI=1S/C12H16O4/c1-3-14-12(13)9-10-7-5-6-8-11(10)16-15-4-2/h5-8H,3-4,9H2,1-2H3. The van der Waals surface area contributed by atoms with Gasteiger partial charge in [-0.25, -0.2) is 0 Å². The lowest BCUT2D eigenvalue weighted by atomic mass is 10.1. The van der Waals surface area contributed by atoms with Crippen molar-refractivity contribution < 1.29 is 19.3 Å². The van der Waals surface area contributed by atoms with Crippen molar-refractivity contribution in [2.24, 2.45) is 0 Å². The number of hydrogen-bond donors (Lipinski definition) is 0. The van der Waals surface area contributed by atoms with Crippen LogP contribution in [0.2, 0.25) is 0 Å². The fourth-order valence-corrected chi connectivity index (χ4v) is 1.22. The van der Waals surface area contributed by atoms with Gasteiger partial charge in [-0.2, -0.15) is 4.89 Å². The van der Waals surface area contributed by atoms with Crippen molar-refractivity contribution in [1.29, 1.82) is 0 Å². The van der Waals surface area contributed by atoms with E-state index in [9.17, 15) is 4.79 Å². The highest BCUT2D eigenvalue weighted by Crippen LogP contribution is 2.19. The molecule has 0 aliphatic heterocycles. The predicted octanol–water partition coefficient (Wildman–Crippen LogP) is 2.12. The van der Waals surface area contributed by atoms with Gasteiger partial charge in [0.1, 0.15) is 0 Å². The van der Waals surface area contributed by atoms with Gasteiger partial charge in [-0.1, -0.05) is 18.2 Å². The van der Waals surface area contributed by atoms with Gasteiger partial charge in [0.2, 0.25) is 0 Å². The van der Waals surface area contributed by atoms with Crippen LogP contribution in [0.1, 0.15) is 19.4 Å². The Morgan fingerprint density at radius 2 is 1.94 bits per heavy atom. The molecule has 0 spiro atoms.